The largest absolute Gasteiger partial charge is 0.396 e. The third kappa shape index (κ3) is 3.79. The molecule has 4 nitrogen and oxygen atoms in total. The molecule has 4 saturated carbocycles. The fourth-order valence-electron chi connectivity index (χ4n) is 6.21. The normalized spacial score (nSPS) is 37.2. The number of carbonyl (C=O) groups excluding carboxylic acids is 1. The Bertz CT molecular complexity index is 600. The van der Waals surface area contributed by atoms with Crippen LogP contribution >= 0.6 is 11.3 Å². The van der Waals surface area contributed by atoms with Gasteiger partial charge in [0, 0.05) is 25.5 Å². The maximum atomic E-state index is 12.6. The van der Waals surface area contributed by atoms with Gasteiger partial charge in [0.25, 0.3) is 0 Å². The van der Waals surface area contributed by atoms with Crippen LogP contribution in [0.5, 0.6) is 0 Å². The number of hydrogen-bond acceptors (Lipinski definition) is 4. The molecular formula is C20H29NO3S. The molecule has 25 heavy (non-hydrogen) atoms. The molecule has 0 radical (unpaired) electrons. The van der Waals surface area contributed by atoms with Gasteiger partial charge < -0.3 is 15.5 Å². The number of amides is 1. The highest BCUT2D eigenvalue weighted by Gasteiger charge is 2.57. The summed E-state index contributed by atoms with van der Waals surface area (Å²) in [6, 6.07) is 2.07. The van der Waals surface area contributed by atoms with Crippen LogP contribution in [0.1, 0.15) is 50.5 Å². The van der Waals surface area contributed by atoms with Gasteiger partial charge in [-0.3, -0.25) is 4.79 Å². The van der Waals surface area contributed by atoms with Crippen molar-refractivity contribution in [1.82, 2.24) is 5.32 Å². The molecule has 1 aromatic rings. The van der Waals surface area contributed by atoms with Gasteiger partial charge in [-0.05, 0) is 84.6 Å². The Kier molecular flexibility index (Phi) is 4.67. The summed E-state index contributed by atoms with van der Waals surface area (Å²) in [6.07, 6.45) is 7.50. The Morgan fingerprint density at radius 2 is 2.08 bits per heavy atom. The van der Waals surface area contributed by atoms with E-state index in [9.17, 15) is 15.0 Å². The van der Waals surface area contributed by atoms with Gasteiger partial charge in [0.1, 0.15) is 0 Å². The predicted molar refractivity (Wildman–Crippen MR) is 98.3 cm³/mol. The van der Waals surface area contributed by atoms with Crippen molar-refractivity contribution in [3.8, 4) is 0 Å². The molecule has 1 aromatic heterocycles. The SMILES string of the molecule is O=C(CC12C[C@H]3C[C@@H](CC(O)(C3)C1)C2)NC[C@@H](CO)Cc1ccsc1. The first-order chi connectivity index (χ1) is 12.0. The zero-order valence-electron chi connectivity index (χ0n) is 14.7. The van der Waals surface area contributed by atoms with Gasteiger partial charge in [-0.1, -0.05) is 0 Å². The zero-order valence-corrected chi connectivity index (χ0v) is 15.6. The van der Waals surface area contributed by atoms with E-state index in [2.05, 4.69) is 16.8 Å². The van der Waals surface area contributed by atoms with E-state index in [4.69, 9.17) is 0 Å². The molecule has 0 aliphatic heterocycles. The molecule has 0 spiro atoms. The molecule has 0 aromatic carbocycles. The lowest BCUT2D eigenvalue weighted by Crippen LogP contribution is -2.56. The first-order valence-electron chi connectivity index (χ1n) is 9.59. The van der Waals surface area contributed by atoms with Crippen molar-refractivity contribution in [2.24, 2.45) is 23.2 Å². The van der Waals surface area contributed by atoms with Crippen molar-refractivity contribution in [3.63, 3.8) is 0 Å². The first-order valence-corrected chi connectivity index (χ1v) is 10.5. The summed E-state index contributed by atoms with van der Waals surface area (Å²) in [5, 5.41) is 27.6. The van der Waals surface area contributed by atoms with Crippen LogP contribution in [0, 0.1) is 23.2 Å². The third-order valence-corrected chi connectivity index (χ3v) is 7.37. The second kappa shape index (κ2) is 6.67. The third-order valence-electron chi connectivity index (χ3n) is 6.64. The lowest BCUT2D eigenvalue weighted by Gasteiger charge is -2.60. The Hall–Kier alpha value is -0.910. The molecule has 1 amide bonds. The maximum Gasteiger partial charge on any atom is 0.220 e. The Morgan fingerprint density at radius 1 is 1.32 bits per heavy atom. The molecular weight excluding hydrogens is 334 g/mol. The van der Waals surface area contributed by atoms with Gasteiger partial charge in [-0.25, -0.2) is 0 Å². The van der Waals surface area contributed by atoms with Crippen LogP contribution in [0.15, 0.2) is 16.8 Å². The lowest BCUT2D eigenvalue weighted by molar-refractivity contribution is -0.169. The smallest absolute Gasteiger partial charge is 0.220 e. The number of nitrogens with one attached hydrogen (secondary N) is 1. The standard InChI is InChI=1S/C20H29NO3S/c22-11-17(3-14-1-2-25-12-14)10-21-18(23)9-19-5-15-4-16(6-19)8-20(24,7-15)13-19/h1-2,12,15-17,22,24H,3-11,13H2,(H,21,23)/t15-,16-,17+,19?,20?/m1/s1. The van der Waals surface area contributed by atoms with E-state index in [1.54, 1.807) is 11.3 Å². The van der Waals surface area contributed by atoms with E-state index in [1.165, 1.54) is 12.0 Å². The van der Waals surface area contributed by atoms with Crippen molar-refractivity contribution < 1.29 is 15.0 Å². The van der Waals surface area contributed by atoms with Crippen LogP contribution in [0.3, 0.4) is 0 Å². The minimum atomic E-state index is -0.503. The summed E-state index contributed by atoms with van der Waals surface area (Å²) in [7, 11) is 0. The average molecular weight is 364 g/mol. The van der Waals surface area contributed by atoms with Crippen LogP contribution in [0.2, 0.25) is 0 Å². The van der Waals surface area contributed by atoms with Crippen LogP contribution < -0.4 is 5.32 Å². The lowest BCUT2D eigenvalue weighted by atomic mass is 9.47. The number of thiophene rings is 1. The Labute approximate surface area is 153 Å². The second-order valence-electron chi connectivity index (χ2n) is 9.05. The highest BCUT2D eigenvalue weighted by atomic mass is 32.1. The second-order valence-corrected chi connectivity index (χ2v) is 9.83. The molecule has 5 heteroatoms. The van der Waals surface area contributed by atoms with Gasteiger partial charge in [0.05, 0.1) is 5.60 Å². The predicted octanol–water partition coefficient (Wildman–Crippen LogP) is 2.74. The minimum absolute atomic E-state index is 0.0188. The van der Waals surface area contributed by atoms with E-state index in [-0.39, 0.29) is 23.8 Å². The molecule has 1 heterocycles. The van der Waals surface area contributed by atoms with Gasteiger partial charge in [0.15, 0.2) is 0 Å². The fraction of sp³-hybridized carbons (Fsp3) is 0.750. The van der Waals surface area contributed by atoms with E-state index >= 15 is 0 Å². The summed E-state index contributed by atoms with van der Waals surface area (Å²) in [5.41, 5.74) is 0.740. The van der Waals surface area contributed by atoms with Crippen molar-refractivity contribution in [1.29, 1.82) is 0 Å². The quantitative estimate of drug-likeness (QED) is 0.698. The number of carbonyl (C=O) groups is 1. The molecule has 3 N–H and O–H groups in total. The summed E-state index contributed by atoms with van der Waals surface area (Å²) in [6.45, 7) is 0.615. The topological polar surface area (TPSA) is 69.6 Å². The summed E-state index contributed by atoms with van der Waals surface area (Å²) in [4.78, 5) is 12.6. The minimum Gasteiger partial charge on any atom is -0.396 e. The molecule has 4 bridgehead atoms. The monoisotopic (exact) mass is 363 g/mol. The molecule has 4 aliphatic rings. The van der Waals surface area contributed by atoms with Crippen LogP contribution in [0.25, 0.3) is 0 Å². The van der Waals surface area contributed by atoms with Crippen LogP contribution in [-0.2, 0) is 11.2 Å². The van der Waals surface area contributed by atoms with Crippen molar-refractivity contribution >= 4 is 17.2 Å². The van der Waals surface area contributed by atoms with E-state index < -0.39 is 5.60 Å². The van der Waals surface area contributed by atoms with Crippen molar-refractivity contribution in [2.45, 2.75) is 57.0 Å². The first kappa shape index (κ1) is 17.5. The van der Waals surface area contributed by atoms with Gasteiger partial charge >= 0.3 is 0 Å². The van der Waals surface area contributed by atoms with Gasteiger partial charge in [0.2, 0.25) is 5.91 Å². The molecule has 0 unspecified atom stereocenters. The van der Waals surface area contributed by atoms with Gasteiger partial charge in [-0.2, -0.15) is 11.3 Å². The van der Waals surface area contributed by atoms with Crippen LogP contribution in [0.4, 0.5) is 0 Å². The Morgan fingerprint density at radius 3 is 2.68 bits per heavy atom. The van der Waals surface area contributed by atoms with E-state index in [0.717, 1.165) is 38.5 Å². The number of rotatable bonds is 7. The number of aliphatic hydroxyl groups excluding tert-OH is 1. The zero-order chi connectivity index (χ0) is 17.5. The summed E-state index contributed by atoms with van der Waals surface area (Å²) < 4.78 is 0. The van der Waals surface area contributed by atoms with Crippen LogP contribution in [-0.4, -0.2) is 34.9 Å². The molecule has 5 rings (SSSR count). The molecule has 4 fully saturated rings. The molecule has 4 aliphatic carbocycles. The summed E-state index contributed by atoms with van der Waals surface area (Å²) >= 11 is 1.66. The maximum absolute atomic E-state index is 12.6. The van der Waals surface area contributed by atoms with Crippen molar-refractivity contribution in [2.75, 3.05) is 13.2 Å². The van der Waals surface area contributed by atoms with Crippen molar-refractivity contribution in [3.05, 3.63) is 22.4 Å². The van der Waals surface area contributed by atoms with Gasteiger partial charge in [-0.15, -0.1) is 0 Å². The fourth-order valence-corrected chi connectivity index (χ4v) is 6.89. The summed E-state index contributed by atoms with van der Waals surface area (Å²) in [5.74, 6) is 1.39. The van der Waals surface area contributed by atoms with E-state index in [0.29, 0.717) is 24.8 Å². The molecule has 138 valence electrons. The Balaban J connectivity index is 1.31. The number of hydrogen-bond donors (Lipinski definition) is 3. The molecule has 0 saturated heterocycles. The highest BCUT2D eigenvalue weighted by Crippen LogP contribution is 2.62. The van der Waals surface area contributed by atoms with E-state index in [1.807, 2.05) is 5.38 Å². The molecule has 3 atom stereocenters. The number of aliphatic hydroxyl groups is 2. The highest BCUT2D eigenvalue weighted by molar-refractivity contribution is 7.07. The average Bonchev–Trinajstić information content (AvgIpc) is 3.01.